The third kappa shape index (κ3) is 3.24. The summed E-state index contributed by atoms with van der Waals surface area (Å²) in [5, 5.41) is 0. The van der Waals surface area contributed by atoms with E-state index in [2.05, 4.69) is 24.1 Å². The Hall–Kier alpha value is -1.88. The van der Waals surface area contributed by atoms with Crippen molar-refractivity contribution in [2.45, 2.75) is 19.4 Å². The normalized spacial score (nSPS) is 25.9. The lowest BCUT2D eigenvalue weighted by atomic mass is 9.99. The predicted molar refractivity (Wildman–Crippen MR) is 88.8 cm³/mol. The molecular formula is C18H25N3O2. The molecule has 5 nitrogen and oxygen atoms in total. The summed E-state index contributed by atoms with van der Waals surface area (Å²) in [4.78, 5) is 31.0. The number of benzene rings is 1. The van der Waals surface area contributed by atoms with E-state index >= 15 is 0 Å². The van der Waals surface area contributed by atoms with E-state index in [1.165, 1.54) is 5.56 Å². The monoisotopic (exact) mass is 315 g/mol. The molecule has 0 bridgehead atoms. The molecule has 2 fully saturated rings. The van der Waals surface area contributed by atoms with Crippen LogP contribution in [0.2, 0.25) is 0 Å². The van der Waals surface area contributed by atoms with E-state index in [0.29, 0.717) is 19.5 Å². The Morgan fingerprint density at radius 1 is 1.17 bits per heavy atom. The van der Waals surface area contributed by atoms with Crippen LogP contribution in [-0.4, -0.2) is 66.3 Å². The zero-order valence-corrected chi connectivity index (χ0v) is 13.9. The highest BCUT2D eigenvalue weighted by molar-refractivity contribution is 5.89. The summed E-state index contributed by atoms with van der Waals surface area (Å²) in [6.07, 6.45) is 0.362. The van der Waals surface area contributed by atoms with Gasteiger partial charge in [0.15, 0.2) is 0 Å². The van der Waals surface area contributed by atoms with E-state index in [4.69, 9.17) is 0 Å². The van der Waals surface area contributed by atoms with Crippen molar-refractivity contribution in [2.75, 3.05) is 39.8 Å². The van der Waals surface area contributed by atoms with Gasteiger partial charge in [-0.25, -0.2) is 0 Å². The quantitative estimate of drug-likeness (QED) is 0.846. The van der Waals surface area contributed by atoms with E-state index in [0.717, 1.165) is 19.6 Å². The van der Waals surface area contributed by atoms with Crippen molar-refractivity contribution >= 4 is 11.8 Å². The highest BCUT2D eigenvalue weighted by atomic mass is 16.2. The van der Waals surface area contributed by atoms with Crippen molar-refractivity contribution in [3.8, 4) is 0 Å². The number of rotatable bonds is 3. The van der Waals surface area contributed by atoms with Crippen LogP contribution >= 0.6 is 0 Å². The van der Waals surface area contributed by atoms with E-state index in [1.54, 1.807) is 4.90 Å². The summed E-state index contributed by atoms with van der Waals surface area (Å²) >= 11 is 0. The summed E-state index contributed by atoms with van der Waals surface area (Å²) in [6.45, 7) is 5.68. The van der Waals surface area contributed by atoms with Crippen LogP contribution in [0.3, 0.4) is 0 Å². The van der Waals surface area contributed by atoms with Gasteiger partial charge in [0.1, 0.15) is 0 Å². The number of nitrogens with zero attached hydrogens (tertiary/aromatic N) is 3. The van der Waals surface area contributed by atoms with Crippen molar-refractivity contribution in [1.29, 1.82) is 0 Å². The molecule has 2 atom stereocenters. The van der Waals surface area contributed by atoms with Crippen molar-refractivity contribution in [2.24, 2.45) is 5.92 Å². The Morgan fingerprint density at radius 3 is 2.57 bits per heavy atom. The summed E-state index contributed by atoms with van der Waals surface area (Å²) < 4.78 is 0. The molecule has 0 N–H and O–H groups in total. The lowest BCUT2D eigenvalue weighted by Crippen LogP contribution is -2.51. The Bertz CT molecular complexity index is 575. The van der Waals surface area contributed by atoms with Crippen LogP contribution in [0.5, 0.6) is 0 Å². The number of piperazine rings is 1. The Balaban J connectivity index is 1.79. The number of hydrogen-bond acceptors (Lipinski definition) is 3. The maximum atomic E-state index is 13.0. The van der Waals surface area contributed by atoms with Crippen LogP contribution in [0.4, 0.5) is 0 Å². The minimum absolute atomic E-state index is 0.0771. The zero-order chi connectivity index (χ0) is 16.4. The zero-order valence-electron chi connectivity index (χ0n) is 13.9. The molecule has 2 saturated heterocycles. The molecule has 2 amide bonds. The molecule has 0 saturated carbocycles. The number of carbonyl (C=O) groups excluding carboxylic acids is 2. The minimum Gasteiger partial charge on any atom is -0.342 e. The molecule has 0 radical (unpaired) electrons. The first-order valence-corrected chi connectivity index (χ1v) is 8.42. The molecule has 5 heteroatoms. The van der Waals surface area contributed by atoms with Gasteiger partial charge in [0.05, 0.1) is 12.0 Å². The highest BCUT2D eigenvalue weighted by Crippen LogP contribution is 2.29. The van der Waals surface area contributed by atoms with Crippen molar-refractivity contribution in [3.63, 3.8) is 0 Å². The second kappa shape index (κ2) is 6.71. The summed E-state index contributed by atoms with van der Waals surface area (Å²) in [6, 6.07) is 10.3. The number of hydrogen-bond donors (Lipinski definition) is 0. The van der Waals surface area contributed by atoms with E-state index in [1.807, 2.05) is 30.0 Å². The second-order valence-electron chi connectivity index (χ2n) is 6.55. The standard InChI is InChI=1S/C18H25N3O2/c1-3-20-12-15(11-17(20)22)18(23)21-10-9-19(2)13-16(21)14-7-5-4-6-8-14/h4-8,15-16H,3,9-13H2,1-2H3. The van der Waals surface area contributed by atoms with Gasteiger partial charge in [-0.2, -0.15) is 0 Å². The molecule has 23 heavy (non-hydrogen) atoms. The Morgan fingerprint density at radius 2 is 1.91 bits per heavy atom. The maximum Gasteiger partial charge on any atom is 0.228 e. The molecule has 0 aliphatic carbocycles. The van der Waals surface area contributed by atoms with Gasteiger partial charge in [-0.3, -0.25) is 9.59 Å². The summed E-state index contributed by atoms with van der Waals surface area (Å²) in [5.41, 5.74) is 1.17. The fraction of sp³-hybridized carbons (Fsp3) is 0.556. The molecule has 2 unspecified atom stereocenters. The molecule has 3 rings (SSSR count). The minimum atomic E-state index is -0.183. The van der Waals surface area contributed by atoms with Gasteiger partial charge in [0, 0.05) is 39.1 Å². The van der Waals surface area contributed by atoms with Crippen LogP contribution in [0.1, 0.15) is 24.9 Å². The SMILES string of the molecule is CCN1CC(C(=O)N2CCN(C)CC2c2ccccc2)CC1=O. The molecule has 0 aromatic heterocycles. The van der Waals surface area contributed by atoms with Crippen molar-refractivity contribution in [1.82, 2.24) is 14.7 Å². The van der Waals surface area contributed by atoms with Gasteiger partial charge < -0.3 is 14.7 Å². The molecule has 2 aliphatic heterocycles. The second-order valence-corrected chi connectivity index (χ2v) is 6.55. The molecule has 1 aromatic rings. The topological polar surface area (TPSA) is 43.9 Å². The van der Waals surface area contributed by atoms with E-state index in [-0.39, 0.29) is 23.8 Å². The van der Waals surface area contributed by atoms with Crippen molar-refractivity contribution in [3.05, 3.63) is 35.9 Å². The Kier molecular flexibility index (Phi) is 4.66. The Labute approximate surface area is 137 Å². The molecule has 1 aromatic carbocycles. The van der Waals surface area contributed by atoms with E-state index in [9.17, 15) is 9.59 Å². The number of likely N-dealkylation sites (N-methyl/N-ethyl adjacent to an activating group) is 1. The number of likely N-dealkylation sites (tertiary alicyclic amines) is 1. The first-order chi connectivity index (χ1) is 11.1. The third-order valence-corrected chi connectivity index (χ3v) is 5.00. The van der Waals surface area contributed by atoms with Gasteiger partial charge in [-0.1, -0.05) is 30.3 Å². The smallest absolute Gasteiger partial charge is 0.228 e. The summed E-state index contributed by atoms with van der Waals surface area (Å²) in [7, 11) is 2.09. The van der Waals surface area contributed by atoms with Gasteiger partial charge in [0.2, 0.25) is 11.8 Å². The largest absolute Gasteiger partial charge is 0.342 e. The molecular weight excluding hydrogens is 290 g/mol. The highest BCUT2D eigenvalue weighted by Gasteiger charge is 2.39. The average Bonchev–Trinajstić information content (AvgIpc) is 2.96. The molecule has 0 spiro atoms. The molecule has 2 aliphatic rings. The van der Waals surface area contributed by atoms with Crippen LogP contribution < -0.4 is 0 Å². The number of amides is 2. The predicted octanol–water partition coefficient (Wildman–Crippen LogP) is 1.37. The van der Waals surface area contributed by atoms with Crippen LogP contribution in [0, 0.1) is 5.92 Å². The van der Waals surface area contributed by atoms with Crippen LogP contribution in [-0.2, 0) is 9.59 Å². The fourth-order valence-electron chi connectivity index (χ4n) is 3.62. The fourth-order valence-corrected chi connectivity index (χ4v) is 3.62. The van der Waals surface area contributed by atoms with Gasteiger partial charge in [-0.05, 0) is 19.5 Å². The van der Waals surface area contributed by atoms with Crippen LogP contribution in [0.15, 0.2) is 30.3 Å². The van der Waals surface area contributed by atoms with Gasteiger partial charge in [0.25, 0.3) is 0 Å². The lowest BCUT2D eigenvalue weighted by Gasteiger charge is -2.41. The third-order valence-electron chi connectivity index (χ3n) is 5.00. The number of carbonyl (C=O) groups is 2. The van der Waals surface area contributed by atoms with Crippen LogP contribution in [0.25, 0.3) is 0 Å². The van der Waals surface area contributed by atoms with Crippen molar-refractivity contribution < 1.29 is 9.59 Å². The lowest BCUT2D eigenvalue weighted by molar-refractivity contribution is -0.140. The van der Waals surface area contributed by atoms with E-state index < -0.39 is 0 Å². The van der Waals surface area contributed by atoms with Gasteiger partial charge in [-0.15, -0.1) is 0 Å². The van der Waals surface area contributed by atoms with Gasteiger partial charge >= 0.3 is 0 Å². The first-order valence-electron chi connectivity index (χ1n) is 8.42. The summed E-state index contributed by atoms with van der Waals surface area (Å²) in [5.74, 6) is 0.0598. The first kappa shape index (κ1) is 16.0. The maximum absolute atomic E-state index is 13.0. The molecule has 2 heterocycles. The average molecular weight is 315 g/mol. The molecule has 124 valence electrons.